The summed E-state index contributed by atoms with van der Waals surface area (Å²) in [6, 6.07) is 7.78. The molecule has 1 N–H and O–H groups in total. The zero-order chi connectivity index (χ0) is 15.1. The first kappa shape index (κ1) is 15.9. The molecule has 1 aromatic heterocycles. The molecule has 0 aliphatic carbocycles. The van der Waals surface area contributed by atoms with Gasteiger partial charge in [-0.1, -0.05) is 42.4 Å². The molecule has 5 nitrogen and oxygen atoms in total. The van der Waals surface area contributed by atoms with Crippen LogP contribution in [0, 0.1) is 5.92 Å². The predicted molar refractivity (Wildman–Crippen MR) is 83.7 cm³/mol. The molecule has 0 saturated carbocycles. The minimum Gasteiger partial charge on any atom is -0.430 e. The SMILES string of the molecule is COCc1cccc(Oc2nnc(CNCC(C)C)s2)c1. The second kappa shape index (κ2) is 8.07. The van der Waals surface area contributed by atoms with E-state index in [0.29, 0.717) is 17.7 Å². The highest BCUT2D eigenvalue weighted by molar-refractivity contribution is 7.13. The van der Waals surface area contributed by atoms with Gasteiger partial charge in [0.1, 0.15) is 10.8 Å². The summed E-state index contributed by atoms with van der Waals surface area (Å²) in [6.45, 7) is 6.61. The molecule has 6 heteroatoms. The van der Waals surface area contributed by atoms with E-state index in [9.17, 15) is 0 Å². The van der Waals surface area contributed by atoms with E-state index in [4.69, 9.17) is 9.47 Å². The molecule has 0 atom stereocenters. The number of benzene rings is 1. The Morgan fingerprint density at radius 1 is 1.29 bits per heavy atom. The molecule has 0 fully saturated rings. The Bertz CT molecular complexity index is 557. The Labute approximate surface area is 129 Å². The third-order valence-corrected chi connectivity index (χ3v) is 3.49. The van der Waals surface area contributed by atoms with Crippen molar-refractivity contribution in [3.8, 4) is 10.9 Å². The van der Waals surface area contributed by atoms with Crippen LogP contribution in [-0.2, 0) is 17.9 Å². The third-order valence-electron chi connectivity index (χ3n) is 2.69. The summed E-state index contributed by atoms with van der Waals surface area (Å²) in [5, 5.41) is 13.0. The molecule has 0 bridgehead atoms. The zero-order valence-corrected chi connectivity index (χ0v) is 13.4. The number of ether oxygens (including phenoxy) is 2. The quantitative estimate of drug-likeness (QED) is 0.811. The van der Waals surface area contributed by atoms with Gasteiger partial charge in [0.2, 0.25) is 0 Å². The summed E-state index contributed by atoms with van der Waals surface area (Å²) in [4.78, 5) is 0. The highest BCUT2D eigenvalue weighted by atomic mass is 32.1. The van der Waals surface area contributed by atoms with Crippen LogP contribution in [-0.4, -0.2) is 23.9 Å². The molecule has 0 amide bonds. The van der Waals surface area contributed by atoms with E-state index in [1.165, 1.54) is 11.3 Å². The molecule has 0 saturated heterocycles. The molecule has 2 rings (SSSR count). The molecular formula is C15H21N3O2S. The van der Waals surface area contributed by atoms with E-state index in [-0.39, 0.29) is 0 Å². The molecular weight excluding hydrogens is 286 g/mol. The van der Waals surface area contributed by atoms with E-state index < -0.39 is 0 Å². The van der Waals surface area contributed by atoms with Crippen LogP contribution in [0.25, 0.3) is 0 Å². The Morgan fingerprint density at radius 3 is 2.90 bits per heavy atom. The first-order valence-electron chi connectivity index (χ1n) is 6.96. The van der Waals surface area contributed by atoms with Gasteiger partial charge in [-0.2, -0.15) is 0 Å². The van der Waals surface area contributed by atoms with Crippen LogP contribution in [0.4, 0.5) is 0 Å². The fourth-order valence-electron chi connectivity index (χ4n) is 1.78. The molecule has 0 unspecified atom stereocenters. The van der Waals surface area contributed by atoms with Gasteiger partial charge in [0.05, 0.1) is 6.61 Å². The van der Waals surface area contributed by atoms with Crippen LogP contribution in [0.2, 0.25) is 0 Å². The maximum Gasteiger partial charge on any atom is 0.299 e. The fraction of sp³-hybridized carbons (Fsp3) is 0.467. The largest absolute Gasteiger partial charge is 0.430 e. The smallest absolute Gasteiger partial charge is 0.299 e. The van der Waals surface area contributed by atoms with Crippen molar-refractivity contribution >= 4 is 11.3 Å². The average molecular weight is 307 g/mol. The molecule has 114 valence electrons. The van der Waals surface area contributed by atoms with Crippen LogP contribution in [0.1, 0.15) is 24.4 Å². The summed E-state index contributed by atoms with van der Waals surface area (Å²) in [5.41, 5.74) is 1.07. The van der Waals surface area contributed by atoms with Gasteiger partial charge in [-0.3, -0.25) is 0 Å². The van der Waals surface area contributed by atoms with Gasteiger partial charge in [0, 0.05) is 13.7 Å². The van der Waals surface area contributed by atoms with Gasteiger partial charge in [0.25, 0.3) is 5.19 Å². The maximum absolute atomic E-state index is 5.74. The highest BCUT2D eigenvalue weighted by Gasteiger charge is 2.07. The lowest BCUT2D eigenvalue weighted by molar-refractivity contribution is 0.184. The number of aromatic nitrogens is 2. The number of nitrogens with one attached hydrogen (secondary N) is 1. The Morgan fingerprint density at radius 2 is 2.14 bits per heavy atom. The first-order valence-corrected chi connectivity index (χ1v) is 7.78. The van der Waals surface area contributed by atoms with Crippen molar-refractivity contribution < 1.29 is 9.47 Å². The van der Waals surface area contributed by atoms with Crippen molar-refractivity contribution in [2.45, 2.75) is 27.0 Å². The van der Waals surface area contributed by atoms with Gasteiger partial charge in [-0.15, -0.1) is 5.10 Å². The summed E-state index contributed by atoms with van der Waals surface area (Å²) in [7, 11) is 1.68. The maximum atomic E-state index is 5.74. The van der Waals surface area contributed by atoms with Crippen molar-refractivity contribution in [1.29, 1.82) is 0 Å². The molecule has 0 aliphatic rings. The lowest BCUT2D eigenvalue weighted by Gasteiger charge is -2.04. The molecule has 0 radical (unpaired) electrons. The molecule has 21 heavy (non-hydrogen) atoms. The summed E-state index contributed by atoms with van der Waals surface area (Å²) >= 11 is 1.46. The van der Waals surface area contributed by atoms with Crippen LogP contribution >= 0.6 is 11.3 Å². The molecule has 1 aromatic carbocycles. The molecule has 0 spiro atoms. The molecule has 2 aromatic rings. The van der Waals surface area contributed by atoms with Crippen LogP contribution < -0.4 is 10.1 Å². The standard InChI is InChI=1S/C15H21N3O2S/c1-11(2)8-16-9-14-17-18-15(21-14)20-13-6-4-5-12(7-13)10-19-3/h4-7,11,16H,8-10H2,1-3H3. The summed E-state index contributed by atoms with van der Waals surface area (Å²) in [5.74, 6) is 1.37. The van der Waals surface area contributed by atoms with Gasteiger partial charge >= 0.3 is 0 Å². The van der Waals surface area contributed by atoms with Crippen molar-refractivity contribution in [2.24, 2.45) is 5.92 Å². The van der Waals surface area contributed by atoms with Crippen LogP contribution in [0.3, 0.4) is 0 Å². The number of methoxy groups -OCH3 is 1. The number of hydrogen-bond donors (Lipinski definition) is 1. The Balaban J connectivity index is 1.91. The molecule has 0 aliphatic heterocycles. The Kier molecular flexibility index (Phi) is 6.10. The van der Waals surface area contributed by atoms with E-state index in [2.05, 4.69) is 29.4 Å². The number of rotatable bonds is 8. The molecule has 1 heterocycles. The second-order valence-corrected chi connectivity index (χ2v) is 6.19. The van der Waals surface area contributed by atoms with Crippen molar-refractivity contribution in [1.82, 2.24) is 15.5 Å². The van der Waals surface area contributed by atoms with Crippen molar-refractivity contribution in [3.63, 3.8) is 0 Å². The summed E-state index contributed by atoms with van der Waals surface area (Å²) < 4.78 is 10.8. The van der Waals surface area contributed by atoms with Crippen molar-refractivity contribution in [3.05, 3.63) is 34.8 Å². The Hall–Kier alpha value is -1.50. The van der Waals surface area contributed by atoms with Crippen molar-refractivity contribution in [2.75, 3.05) is 13.7 Å². The van der Waals surface area contributed by atoms with Crippen LogP contribution in [0.15, 0.2) is 24.3 Å². The van der Waals surface area contributed by atoms with E-state index >= 15 is 0 Å². The van der Waals surface area contributed by atoms with Gasteiger partial charge in [-0.05, 0) is 30.2 Å². The third kappa shape index (κ3) is 5.41. The highest BCUT2D eigenvalue weighted by Crippen LogP contribution is 2.25. The average Bonchev–Trinajstić information content (AvgIpc) is 2.87. The summed E-state index contributed by atoms with van der Waals surface area (Å²) in [6.07, 6.45) is 0. The normalized spacial score (nSPS) is 11.0. The van der Waals surface area contributed by atoms with E-state index in [1.54, 1.807) is 7.11 Å². The lowest BCUT2D eigenvalue weighted by atomic mass is 10.2. The monoisotopic (exact) mass is 307 g/mol. The first-order chi connectivity index (χ1) is 10.2. The number of nitrogens with zero attached hydrogens (tertiary/aromatic N) is 2. The van der Waals surface area contributed by atoms with E-state index in [1.807, 2.05) is 24.3 Å². The topological polar surface area (TPSA) is 56.3 Å². The van der Waals surface area contributed by atoms with Gasteiger partial charge in [-0.25, -0.2) is 0 Å². The fourth-order valence-corrected chi connectivity index (χ4v) is 2.46. The second-order valence-electron chi connectivity index (χ2n) is 5.17. The van der Waals surface area contributed by atoms with E-state index in [0.717, 1.165) is 29.4 Å². The minimum atomic E-state index is 0.561. The zero-order valence-electron chi connectivity index (χ0n) is 12.6. The van der Waals surface area contributed by atoms with Gasteiger partial charge < -0.3 is 14.8 Å². The van der Waals surface area contributed by atoms with Crippen LogP contribution in [0.5, 0.6) is 10.9 Å². The van der Waals surface area contributed by atoms with Gasteiger partial charge in [0.15, 0.2) is 0 Å². The minimum absolute atomic E-state index is 0.561. The lowest BCUT2D eigenvalue weighted by Crippen LogP contribution is -2.18. The predicted octanol–water partition coefficient (Wildman–Crippen LogP) is 3.22. The number of hydrogen-bond acceptors (Lipinski definition) is 6.